The van der Waals surface area contributed by atoms with Crippen molar-refractivity contribution in [1.82, 2.24) is 4.98 Å². The fourth-order valence-corrected chi connectivity index (χ4v) is 2.87. The summed E-state index contributed by atoms with van der Waals surface area (Å²) in [5.74, 6) is 0.423. The number of thiazole rings is 1. The number of hydrogen-bond donors (Lipinski definition) is 1. The summed E-state index contributed by atoms with van der Waals surface area (Å²) in [5, 5.41) is 5.85. The minimum Gasteiger partial charge on any atom is -0.487 e. The molecule has 2 aromatic heterocycles. The lowest BCUT2D eigenvalue weighted by Crippen LogP contribution is -2.05. The number of carbonyl (C=O) groups is 1. The zero-order chi connectivity index (χ0) is 16.4. The molecule has 0 saturated heterocycles. The highest BCUT2D eigenvalue weighted by molar-refractivity contribution is 7.13. The first-order chi connectivity index (χ1) is 11.0. The van der Waals surface area contributed by atoms with Crippen molar-refractivity contribution in [2.45, 2.75) is 20.5 Å². The second-order valence-electron chi connectivity index (χ2n) is 5.02. The lowest BCUT2D eigenvalue weighted by molar-refractivity contribution is -0.114. The molecule has 118 valence electrons. The molecule has 3 aromatic rings. The molecule has 7 heteroatoms. The summed E-state index contributed by atoms with van der Waals surface area (Å²) < 4.78 is 10.9. The quantitative estimate of drug-likeness (QED) is 0.743. The molecule has 1 amide bonds. The molecular formula is C16H14N2O4S. The second kappa shape index (κ2) is 6.21. The Morgan fingerprint density at radius 1 is 1.39 bits per heavy atom. The van der Waals surface area contributed by atoms with Crippen molar-refractivity contribution in [3.8, 4) is 5.75 Å². The molecule has 1 N–H and O–H groups in total. The van der Waals surface area contributed by atoms with Crippen molar-refractivity contribution in [2.75, 3.05) is 5.32 Å². The van der Waals surface area contributed by atoms with E-state index < -0.39 is 0 Å². The predicted octanol–water partition coefficient (Wildman–Crippen LogP) is 3.10. The van der Waals surface area contributed by atoms with Gasteiger partial charge in [-0.05, 0) is 24.6 Å². The van der Waals surface area contributed by atoms with Crippen molar-refractivity contribution >= 4 is 33.3 Å². The average molecular weight is 330 g/mol. The SMILES string of the molecule is CC(=O)Nc1nc(COc2ccc3c(C)cc(=O)oc3c2)cs1. The van der Waals surface area contributed by atoms with Crippen LogP contribution in [0.3, 0.4) is 0 Å². The van der Waals surface area contributed by atoms with Gasteiger partial charge in [0.2, 0.25) is 5.91 Å². The van der Waals surface area contributed by atoms with Gasteiger partial charge in [-0.25, -0.2) is 9.78 Å². The summed E-state index contributed by atoms with van der Waals surface area (Å²) in [5.41, 5.74) is 1.68. The molecule has 0 atom stereocenters. The highest BCUT2D eigenvalue weighted by atomic mass is 32.1. The van der Waals surface area contributed by atoms with Crippen LogP contribution in [0, 0.1) is 6.92 Å². The maximum atomic E-state index is 11.4. The van der Waals surface area contributed by atoms with Gasteiger partial charge < -0.3 is 14.5 Å². The molecular weight excluding hydrogens is 316 g/mol. The Hall–Kier alpha value is -2.67. The van der Waals surface area contributed by atoms with Crippen LogP contribution in [0.1, 0.15) is 18.2 Å². The van der Waals surface area contributed by atoms with Crippen molar-refractivity contribution < 1.29 is 13.9 Å². The predicted molar refractivity (Wildman–Crippen MR) is 88.0 cm³/mol. The van der Waals surface area contributed by atoms with Gasteiger partial charge in [-0.3, -0.25) is 4.79 Å². The summed E-state index contributed by atoms with van der Waals surface area (Å²) in [6, 6.07) is 6.82. The monoisotopic (exact) mass is 330 g/mol. The fourth-order valence-electron chi connectivity index (χ4n) is 2.13. The topological polar surface area (TPSA) is 81.4 Å². The van der Waals surface area contributed by atoms with Crippen LogP contribution in [0.2, 0.25) is 0 Å². The molecule has 23 heavy (non-hydrogen) atoms. The summed E-state index contributed by atoms with van der Waals surface area (Å²) in [7, 11) is 0. The number of aryl methyl sites for hydroxylation is 1. The minimum atomic E-state index is -0.383. The smallest absolute Gasteiger partial charge is 0.336 e. The maximum absolute atomic E-state index is 11.4. The third kappa shape index (κ3) is 3.57. The number of benzene rings is 1. The lowest BCUT2D eigenvalue weighted by Gasteiger charge is -2.06. The number of nitrogens with zero attached hydrogens (tertiary/aromatic N) is 1. The molecule has 0 bridgehead atoms. The molecule has 0 saturated carbocycles. The van der Waals surface area contributed by atoms with Crippen LogP contribution in [0.15, 0.2) is 38.9 Å². The van der Waals surface area contributed by atoms with Gasteiger partial charge in [-0.15, -0.1) is 11.3 Å². The Morgan fingerprint density at radius 3 is 3.00 bits per heavy atom. The molecule has 2 heterocycles. The average Bonchev–Trinajstić information content (AvgIpc) is 2.91. The van der Waals surface area contributed by atoms with Crippen molar-refractivity contribution in [3.63, 3.8) is 0 Å². The molecule has 1 aromatic carbocycles. The van der Waals surface area contributed by atoms with E-state index in [1.165, 1.54) is 24.3 Å². The van der Waals surface area contributed by atoms with Crippen molar-refractivity contribution in [3.05, 3.63) is 51.3 Å². The van der Waals surface area contributed by atoms with Gasteiger partial charge >= 0.3 is 5.63 Å². The van der Waals surface area contributed by atoms with E-state index in [0.29, 0.717) is 22.2 Å². The van der Waals surface area contributed by atoms with Gasteiger partial charge in [0.05, 0.1) is 5.69 Å². The number of fused-ring (bicyclic) bond motifs is 1. The van der Waals surface area contributed by atoms with Gasteiger partial charge in [-0.2, -0.15) is 0 Å². The zero-order valence-corrected chi connectivity index (χ0v) is 13.4. The third-order valence-electron chi connectivity index (χ3n) is 3.14. The molecule has 3 rings (SSSR count). The molecule has 0 radical (unpaired) electrons. The van der Waals surface area contributed by atoms with Gasteiger partial charge in [-0.1, -0.05) is 0 Å². The first-order valence-electron chi connectivity index (χ1n) is 6.90. The van der Waals surface area contributed by atoms with Gasteiger partial charge in [0, 0.05) is 29.8 Å². The molecule has 0 aliphatic rings. The first kappa shape index (κ1) is 15.2. The highest BCUT2D eigenvalue weighted by Gasteiger charge is 2.07. The van der Waals surface area contributed by atoms with E-state index in [-0.39, 0.29) is 18.1 Å². The first-order valence-corrected chi connectivity index (χ1v) is 7.78. The van der Waals surface area contributed by atoms with Crippen LogP contribution in [-0.2, 0) is 11.4 Å². The van der Waals surface area contributed by atoms with Crippen LogP contribution < -0.4 is 15.7 Å². The number of ether oxygens (including phenoxy) is 1. The Labute approximate surface area is 135 Å². The third-order valence-corrected chi connectivity index (χ3v) is 3.95. The Morgan fingerprint density at radius 2 is 2.22 bits per heavy atom. The molecule has 6 nitrogen and oxygen atoms in total. The van der Waals surface area contributed by atoms with E-state index in [1.807, 2.05) is 24.4 Å². The van der Waals surface area contributed by atoms with Crippen molar-refractivity contribution in [1.29, 1.82) is 0 Å². The summed E-state index contributed by atoms with van der Waals surface area (Å²) >= 11 is 1.34. The number of amides is 1. The van der Waals surface area contributed by atoms with Crippen LogP contribution in [0.5, 0.6) is 5.75 Å². The van der Waals surface area contributed by atoms with E-state index in [2.05, 4.69) is 10.3 Å². The largest absolute Gasteiger partial charge is 0.487 e. The Kier molecular flexibility index (Phi) is 4.12. The van der Waals surface area contributed by atoms with E-state index in [1.54, 1.807) is 6.07 Å². The molecule has 0 aliphatic heterocycles. The molecule has 0 spiro atoms. The fraction of sp³-hybridized carbons (Fsp3) is 0.188. The number of rotatable bonds is 4. The van der Waals surface area contributed by atoms with E-state index in [0.717, 1.165) is 10.9 Å². The number of nitrogens with one attached hydrogen (secondary N) is 1. The number of hydrogen-bond acceptors (Lipinski definition) is 6. The number of anilines is 1. The molecule has 0 aliphatic carbocycles. The Balaban J connectivity index is 1.75. The van der Waals surface area contributed by atoms with E-state index in [9.17, 15) is 9.59 Å². The lowest BCUT2D eigenvalue weighted by atomic mass is 10.1. The van der Waals surface area contributed by atoms with Crippen molar-refractivity contribution in [2.24, 2.45) is 0 Å². The maximum Gasteiger partial charge on any atom is 0.336 e. The van der Waals surface area contributed by atoms with Crippen LogP contribution in [0.4, 0.5) is 5.13 Å². The van der Waals surface area contributed by atoms with Gasteiger partial charge in [0.25, 0.3) is 0 Å². The van der Waals surface area contributed by atoms with Crippen LogP contribution >= 0.6 is 11.3 Å². The standard InChI is InChI=1S/C16H14N2O4S/c1-9-5-15(20)22-14-6-12(3-4-13(9)14)21-7-11-8-23-16(18-11)17-10(2)19/h3-6,8H,7H2,1-2H3,(H,17,18,19). The number of carbonyl (C=O) groups excluding carboxylic acids is 1. The summed E-state index contributed by atoms with van der Waals surface area (Å²) in [6.07, 6.45) is 0. The normalized spacial score (nSPS) is 10.7. The van der Waals surface area contributed by atoms with Gasteiger partial charge in [0.1, 0.15) is 17.9 Å². The molecule has 0 unspecified atom stereocenters. The van der Waals surface area contributed by atoms with Crippen LogP contribution in [-0.4, -0.2) is 10.9 Å². The van der Waals surface area contributed by atoms with E-state index in [4.69, 9.17) is 9.15 Å². The van der Waals surface area contributed by atoms with Crippen LogP contribution in [0.25, 0.3) is 11.0 Å². The highest BCUT2D eigenvalue weighted by Crippen LogP contribution is 2.23. The minimum absolute atomic E-state index is 0.160. The summed E-state index contributed by atoms with van der Waals surface area (Å²) in [4.78, 5) is 26.6. The molecule has 0 fully saturated rings. The summed E-state index contributed by atoms with van der Waals surface area (Å²) in [6.45, 7) is 3.55. The number of aromatic nitrogens is 1. The second-order valence-corrected chi connectivity index (χ2v) is 5.88. The Bertz CT molecular complexity index is 929. The zero-order valence-electron chi connectivity index (χ0n) is 12.6. The van der Waals surface area contributed by atoms with E-state index >= 15 is 0 Å². The van der Waals surface area contributed by atoms with Gasteiger partial charge in [0.15, 0.2) is 5.13 Å².